The molecule has 1 aromatic heterocycles. The highest BCUT2D eigenvalue weighted by Crippen LogP contribution is 2.06. The molecule has 0 aromatic carbocycles. The first-order valence-corrected chi connectivity index (χ1v) is 7.18. The molecule has 0 aliphatic carbocycles. The smallest absolute Gasteiger partial charge is 0.306 e. The van der Waals surface area contributed by atoms with E-state index in [2.05, 4.69) is 14.7 Å². The first-order chi connectivity index (χ1) is 8.85. The van der Waals surface area contributed by atoms with Crippen LogP contribution in [0.2, 0.25) is 0 Å². The number of nitrogens with one attached hydrogen (secondary N) is 2. The van der Waals surface area contributed by atoms with Crippen LogP contribution in [0.4, 0.5) is 0 Å². The van der Waals surface area contributed by atoms with Gasteiger partial charge in [0.25, 0.3) is 10.0 Å². The Morgan fingerprint density at radius 2 is 2.32 bits per heavy atom. The van der Waals surface area contributed by atoms with Crippen molar-refractivity contribution >= 4 is 16.0 Å². The number of carbonyl (C=O) groups is 1. The lowest BCUT2D eigenvalue weighted by molar-refractivity contribution is -0.140. The molecule has 19 heavy (non-hydrogen) atoms. The normalized spacial score (nSPS) is 13.4. The number of ether oxygens (including phenoxy) is 1. The second kappa shape index (κ2) is 6.64. The number of rotatable bonds is 8. The summed E-state index contributed by atoms with van der Waals surface area (Å²) in [5.41, 5.74) is 0. The monoisotopic (exact) mass is 291 g/mol. The fourth-order valence-corrected chi connectivity index (χ4v) is 2.47. The third kappa shape index (κ3) is 4.97. The zero-order valence-corrected chi connectivity index (χ0v) is 11.5. The highest BCUT2D eigenvalue weighted by molar-refractivity contribution is 7.89. The average Bonchev–Trinajstić information content (AvgIpc) is 2.73. The molecular weight excluding hydrogens is 274 g/mol. The minimum atomic E-state index is -3.73. The van der Waals surface area contributed by atoms with Crippen molar-refractivity contribution in [3.8, 4) is 0 Å². The molecule has 8 nitrogen and oxygen atoms in total. The van der Waals surface area contributed by atoms with E-state index in [1.807, 2.05) is 0 Å². The van der Waals surface area contributed by atoms with Gasteiger partial charge in [0.1, 0.15) is 5.82 Å². The molecule has 1 heterocycles. The number of sulfonamides is 1. The van der Waals surface area contributed by atoms with Crippen LogP contribution in [0.1, 0.15) is 19.2 Å². The quantitative estimate of drug-likeness (QED) is 0.613. The van der Waals surface area contributed by atoms with Gasteiger partial charge in [-0.3, -0.25) is 4.79 Å². The Balaban J connectivity index is 2.65. The summed E-state index contributed by atoms with van der Waals surface area (Å²) >= 11 is 0. The maximum Gasteiger partial charge on any atom is 0.306 e. The van der Waals surface area contributed by atoms with Gasteiger partial charge in [-0.25, -0.2) is 18.1 Å². The molecule has 108 valence electrons. The fraction of sp³-hybridized carbons (Fsp3) is 0.600. The number of hydrogen-bond donors (Lipinski definition) is 3. The van der Waals surface area contributed by atoms with E-state index < -0.39 is 22.1 Å². The Kier molecular flexibility index (Phi) is 5.45. The van der Waals surface area contributed by atoms with E-state index in [4.69, 9.17) is 9.84 Å². The molecule has 1 unspecified atom stereocenters. The second-order valence-electron chi connectivity index (χ2n) is 3.86. The van der Waals surface area contributed by atoms with Crippen molar-refractivity contribution in [2.45, 2.75) is 31.4 Å². The zero-order chi connectivity index (χ0) is 14.5. The molecular formula is C10H17N3O5S. The van der Waals surface area contributed by atoms with Crippen molar-refractivity contribution in [1.82, 2.24) is 14.7 Å². The van der Waals surface area contributed by atoms with Crippen molar-refractivity contribution in [2.24, 2.45) is 0 Å². The van der Waals surface area contributed by atoms with Gasteiger partial charge < -0.3 is 14.8 Å². The number of aryl methyl sites for hydroxylation is 1. The lowest BCUT2D eigenvalue weighted by atomic mass is 10.2. The van der Waals surface area contributed by atoms with Crippen molar-refractivity contribution in [1.29, 1.82) is 0 Å². The van der Waals surface area contributed by atoms with E-state index in [0.29, 0.717) is 12.4 Å². The van der Waals surface area contributed by atoms with E-state index in [0.717, 1.165) is 0 Å². The Hall–Kier alpha value is -1.45. The summed E-state index contributed by atoms with van der Waals surface area (Å²) in [6.07, 6.45) is 0.226. The molecule has 0 radical (unpaired) electrons. The van der Waals surface area contributed by atoms with Gasteiger partial charge in [-0.2, -0.15) is 0 Å². The van der Waals surface area contributed by atoms with Gasteiger partial charge >= 0.3 is 5.97 Å². The van der Waals surface area contributed by atoms with E-state index >= 15 is 0 Å². The van der Waals surface area contributed by atoms with Crippen LogP contribution in [0.5, 0.6) is 0 Å². The van der Waals surface area contributed by atoms with Gasteiger partial charge in [-0.05, 0) is 13.8 Å². The molecule has 1 rings (SSSR count). The molecule has 0 aliphatic heterocycles. The summed E-state index contributed by atoms with van der Waals surface area (Å²) in [6, 6.07) is 0. The molecule has 3 N–H and O–H groups in total. The largest absolute Gasteiger partial charge is 0.481 e. The molecule has 9 heteroatoms. The standard InChI is InChI=1S/C10H17N3O5S/c1-3-18-8(4-10(14)15)5-12-19(16,17)9-6-11-7(2)13-9/h6,8,12H,3-5H2,1-2H3,(H,11,13)(H,14,15). The Bertz CT molecular complexity index is 525. The fourth-order valence-electron chi connectivity index (χ4n) is 1.44. The number of aromatic amines is 1. The topological polar surface area (TPSA) is 121 Å². The summed E-state index contributed by atoms with van der Waals surface area (Å²) in [6.45, 7) is 3.54. The molecule has 1 atom stereocenters. The number of H-pyrrole nitrogens is 1. The summed E-state index contributed by atoms with van der Waals surface area (Å²) in [5.74, 6) is -0.567. The highest BCUT2D eigenvalue weighted by atomic mass is 32.2. The minimum absolute atomic E-state index is 0.0597. The molecule has 0 spiro atoms. The molecule has 0 aliphatic rings. The summed E-state index contributed by atoms with van der Waals surface area (Å²) in [7, 11) is -3.73. The van der Waals surface area contributed by atoms with Crippen molar-refractivity contribution in [3.63, 3.8) is 0 Å². The average molecular weight is 291 g/mol. The number of aromatic nitrogens is 2. The number of nitrogens with zero attached hydrogens (tertiary/aromatic N) is 1. The maximum absolute atomic E-state index is 11.9. The number of imidazole rings is 1. The van der Waals surface area contributed by atoms with Gasteiger partial charge in [0.15, 0.2) is 5.03 Å². The van der Waals surface area contributed by atoms with Crippen LogP contribution in [0.3, 0.4) is 0 Å². The number of carboxylic acid groups (broad SMARTS) is 1. The third-order valence-electron chi connectivity index (χ3n) is 2.27. The molecule has 0 saturated heterocycles. The second-order valence-corrected chi connectivity index (χ2v) is 5.60. The lowest BCUT2D eigenvalue weighted by Gasteiger charge is -2.15. The van der Waals surface area contributed by atoms with Crippen LogP contribution in [0.25, 0.3) is 0 Å². The Morgan fingerprint density at radius 3 is 2.79 bits per heavy atom. The van der Waals surface area contributed by atoms with Crippen LogP contribution in [-0.4, -0.2) is 48.7 Å². The first kappa shape index (κ1) is 15.6. The lowest BCUT2D eigenvalue weighted by Crippen LogP contribution is -2.35. The molecule has 0 amide bonds. The SMILES string of the molecule is CCOC(CNS(=O)(=O)c1cnc(C)[nH]1)CC(=O)O. The minimum Gasteiger partial charge on any atom is -0.481 e. The summed E-state index contributed by atoms with van der Waals surface area (Å²) in [5, 5.41) is 8.63. The number of hydrogen-bond acceptors (Lipinski definition) is 5. The Labute approximate surface area is 111 Å². The highest BCUT2D eigenvalue weighted by Gasteiger charge is 2.20. The molecule has 0 saturated carbocycles. The van der Waals surface area contributed by atoms with Gasteiger partial charge in [-0.15, -0.1) is 0 Å². The van der Waals surface area contributed by atoms with E-state index in [1.165, 1.54) is 6.20 Å². The predicted octanol–water partition coefficient (Wildman–Crippen LogP) is -0.124. The first-order valence-electron chi connectivity index (χ1n) is 5.69. The molecule has 0 bridgehead atoms. The number of aliphatic carboxylic acids is 1. The molecule has 1 aromatic rings. The number of carboxylic acids is 1. The van der Waals surface area contributed by atoms with Gasteiger partial charge in [-0.1, -0.05) is 0 Å². The van der Waals surface area contributed by atoms with Crippen molar-refractivity contribution in [2.75, 3.05) is 13.2 Å². The van der Waals surface area contributed by atoms with Crippen molar-refractivity contribution in [3.05, 3.63) is 12.0 Å². The predicted molar refractivity (Wildman–Crippen MR) is 66.2 cm³/mol. The molecule has 0 fully saturated rings. The maximum atomic E-state index is 11.9. The summed E-state index contributed by atoms with van der Waals surface area (Å²) in [4.78, 5) is 17.0. The third-order valence-corrected chi connectivity index (χ3v) is 3.61. The zero-order valence-electron chi connectivity index (χ0n) is 10.7. The van der Waals surface area contributed by atoms with E-state index in [1.54, 1.807) is 13.8 Å². The Morgan fingerprint density at radius 1 is 1.63 bits per heavy atom. The van der Waals surface area contributed by atoms with Crippen molar-refractivity contribution < 1.29 is 23.1 Å². The van der Waals surface area contributed by atoms with Crippen LogP contribution < -0.4 is 4.72 Å². The van der Waals surface area contributed by atoms with Crippen LogP contribution in [0, 0.1) is 6.92 Å². The van der Waals surface area contributed by atoms with Crippen LogP contribution in [0.15, 0.2) is 11.2 Å². The summed E-state index contributed by atoms with van der Waals surface area (Å²) < 4.78 is 31.2. The van der Waals surface area contributed by atoms with Gasteiger partial charge in [0.2, 0.25) is 0 Å². The van der Waals surface area contributed by atoms with Gasteiger partial charge in [0.05, 0.1) is 18.7 Å². The van der Waals surface area contributed by atoms with Crippen LogP contribution in [-0.2, 0) is 19.6 Å². The van der Waals surface area contributed by atoms with E-state index in [9.17, 15) is 13.2 Å². The van der Waals surface area contributed by atoms with Crippen LogP contribution >= 0.6 is 0 Å². The van der Waals surface area contributed by atoms with Gasteiger partial charge in [0, 0.05) is 13.2 Å². The van der Waals surface area contributed by atoms with E-state index in [-0.39, 0.29) is 18.0 Å².